The van der Waals surface area contributed by atoms with Gasteiger partial charge in [0.05, 0.1) is 5.69 Å². The molecule has 0 aliphatic rings. The first-order chi connectivity index (χ1) is 12.7. The number of carbonyl (C=O) groups is 2. The van der Waals surface area contributed by atoms with Gasteiger partial charge in [-0.25, -0.2) is 4.98 Å². The summed E-state index contributed by atoms with van der Waals surface area (Å²) in [5.41, 5.74) is 1.30. The summed E-state index contributed by atoms with van der Waals surface area (Å²) in [7, 11) is 0. The lowest BCUT2D eigenvalue weighted by molar-refractivity contribution is -0.142. The summed E-state index contributed by atoms with van der Waals surface area (Å²) in [6.07, 6.45) is 0.407. The van der Waals surface area contributed by atoms with Crippen molar-refractivity contribution in [3.05, 3.63) is 39.3 Å². The van der Waals surface area contributed by atoms with Gasteiger partial charge in [0.25, 0.3) is 0 Å². The zero-order chi connectivity index (χ0) is 20.1. The molecule has 0 fully saturated rings. The van der Waals surface area contributed by atoms with Crippen LogP contribution in [0.3, 0.4) is 0 Å². The Labute approximate surface area is 171 Å². The Morgan fingerprint density at radius 1 is 1.11 bits per heavy atom. The summed E-state index contributed by atoms with van der Waals surface area (Å²) < 4.78 is 0. The topological polar surface area (TPSA) is 99.5 Å². The van der Waals surface area contributed by atoms with Gasteiger partial charge in [-0.3, -0.25) is 14.9 Å². The van der Waals surface area contributed by atoms with Crippen LogP contribution < -0.4 is 5.32 Å². The minimum Gasteiger partial charge on any atom is -0.480 e. The number of nitrogens with one attached hydrogen (secondary N) is 1. The van der Waals surface area contributed by atoms with Crippen LogP contribution in [0.1, 0.15) is 26.0 Å². The third kappa shape index (κ3) is 6.46. The van der Waals surface area contributed by atoms with Gasteiger partial charge in [0.2, 0.25) is 0 Å². The fraction of sp³-hybridized carbons (Fsp3) is 0.389. The molecule has 27 heavy (non-hydrogen) atoms. The molecule has 6 nitrogen and oxygen atoms in total. The largest absolute Gasteiger partial charge is 0.480 e. The Morgan fingerprint density at radius 2 is 1.70 bits per heavy atom. The maximum Gasteiger partial charge on any atom is 0.321 e. The van der Waals surface area contributed by atoms with E-state index in [9.17, 15) is 19.8 Å². The van der Waals surface area contributed by atoms with Gasteiger partial charge in [0, 0.05) is 27.4 Å². The maximum absolute atomic E-state index is 11.6. The van der Waals surface area contributed by atoms with Crippen LogP contribution in [0.4, 0.5) is 0 Å². The van der Waals surface area contributed by atoms with Crippen molar-refractivity contribution in [2.75, 3.05) is 0 Å². The van der Waals surface area contributed by atoms with E-state index in [2.05, 4.69) is 10.3 Å². The van der Waals surface area contributed by atoms with Crippen LogP contribution in [0.15, 0.2) is 23.6 Å². The second-order valence-corrected chi connectivity index (χ2v) is 8.32. The van der Waals surface area contributed by atoms with E-state index < -0.39 is 24.0 Å². The molecule has 9 heteroatoms. The van der Waals surface area contributed by atoms with Gasteiger partial charge >= 0.3 is 11.9 Å². The molecule has 2 atom stereocenters. The standard InChI is InChI=1S/C18H20Cl2N2O4S/c1-9(2)3-14(17(23)24)22-15(18(25)26)7-13-8-27-16(21-13)10-4-11(19)6-12(20)5-10/h4-6,8-9,14-15,22H,3,7H2,1-2H3,(H,23,24)(H,25,26)/t14-,15-/m0/s1. The number of halogens is 2. The Balaban J connectivity index is 2.16. The number of thiazole rings is 1. The molecule has 0 radical (unpaired) electrons. The SMILES string of the molecule is CC(C)C[C@H](N[C@@H](Cc1csc(-c2cc(Cl)cc(Cl)c2)n1)C(=O)O)C(=O)O. The zero-order valence-electron chi connectivity index (χ0n) is 14.8. The van der Waals surface area contributed by atoms with Crippen LogP contribution in [-0.4, -0.2) is 39.2 Å². The van der Waals surface area contributed by atoms with Crippen molar-refractivity contribution in [1.29, 1.82) is 0 Å². The van der Waals surface area contributed by atoms with Crippen LogP contribution in [0, 0.1) is 5.92 Å². The number of carboxylic acid groups (broad SMARTS) is 2. The summed E-state index contributed by atoms with van der Waals surface area (Å²) >= 11 is 13.4. The fourth-order valence-electron chi connectivity index (χ4n) is 2.59. The molecule has 0 saturated heterocycles. The van der Waals surface area contributed by atoms with Gasteiger partial charge in [-0.15, -0.1) is 11.3 Å². The second-order valence-electron chi connectivity index (χ2n) is 6.58. The highest BCUT2D eigenvalue weighted by atomic mass is 35.5. The quantitative estimate of drug-likeness (QED) is 0.550. The normalized spacial score (nSPS) is 13.5. The lowest BCUT2D eigenvalue weighted by atomic mass is 10.0. The predicted octanol–water partition coefficient (Wildman–Crippen LogP) is 4.20. The number of aromatic nitrogens is 1. The Bertz CT molecular complexity index is 805. The minimum atomic E-state index is -1.12. The highest BCUT2D eigenvalue weighted by Gasteiger charge is 2.27. The van der Waals surface area contributed by atoms with E-state index in [4.69, 9.17) is 23.2 Å². The van der Waals surface area contributed by atoms with Crippen molar-refractivity contribution >= 4 is 46.5 Å². The van der Waals surface area contributed by atoms with Gasteiger partial charge in [-0.2, -0.15) is 0 Å². The summed E-state index contributed by atoms with van der Waals surface area (Å²) in [6.45, 7) is 3.77. The molecule has 1 aromatic carbocycles. The van der Waals surface area contributed by atoms with Crippen molar-refractivity contribution in [2.45, 2.75) is 38.8 Å². The molecule has 1 aromatic heterocycles. The first kappa shape index (κ1) is 21.6. The first-order valence-corrected chi connectivity index (χ1v) is 9.91. The van der Waals surface area contributed by atoms with Gasteiger partial charge in [-0.05, 0) is 30.5 Å². The van der Waals surface area contributed by atoms with Crippen molar-refractivity contribution in [3.8, 4) is 10.6 Å². The number of aliphatic carboxylic acids is 2. The van der Waals surface area contributed by atoms with E-state index >= 15 is 0 Å². The molecule has 1 heterocycles. The van der Waals surface area contributed by atoms with E-state index in [1.807, 2.05) is 13.8 Å². The molecular formula is C18H20Cl2N2O4S. The van der Waals surface area contributed by atoms with Crippen LogP contribution >= 0.6 is 34.5 Å². The van der Waals surface area contributed by atoms with Crippen molar-refractivity contribution in [1.82, 2.24) is 10.3 Å². The smallest absolute Gasteiger partial charge is 0.321 e. The zero-order valence-corrected chi connectivity index (χ0v) is 17.1. The Kier molecular flexibility index (Phi) is 7.61. The molecule has 0 aliphatic heterocycles. The van der Waals surface area contributed by atoms with Gasteiger partial charge < -0.3 is 10.2 Å². The van der Waals surface area contributed by atoms with Gasteiger partial charge in [-0.1, -0.05) is 37.0 Å². The first-order valence-electron chi connectivity index (χ1n) is 8.28. The van der Waals surface area contributed by atoms with Crippen LogP contribution in [0.25, 0.3) is 10.6 Å². The fourth-order valence-corrected chi connectivity index (χ4v) is 3.94. The van der Waals surface area contributed by atoms with Crippen molar-refractivity contribution < 1.29 is 19.8 Å². The van der Waals surface area contributed by atoms with E-state index in [0.717, 1.165) is 5.56 Å². The summed E-state index contributed by atoms with van der Waals surface area (Å²) in [5.74, 6) is -2.07. The Morgan fingerprint density at radius 3 is 2.22 bits per heavy atom. The number of nitrogens with zero attached hydrogens (tertiary/aromatic N) is 1. The number of rotatable bonds is 9. The molecule has 0 amide bonds. The number of hydrogen-bond donors (Lipinski definition) is 3. The monoisotopic (exact) mass is 430 g/mol. The second kappa shape index (κ2) is 9.50. The summed E-state index contributed by atoms with van der Waals surface area (Å²) in [4.78, 5) is 27.5. The lowest BCUT2D eigenvalue weighted by Gasteiger charge is -2.21. The van der Waals surface area contributed by atoms with E-state index in [1.165, 1.54) is 11.3 Å². The van der Waals surface area contributed by atoms with Gasteiger partial charge in [0.1, 0.15) is 17.1 Å². The minimum absolute atomic E-state index is 0.0714. The van der Waals surface area contributed by atoms with E-state index in [1.54, 1.807) is 23.6 Å². The molecule has 0 saturated carbocycles. The molecule has 146 valence electrons. The third-order valence-corrected chi connectivity index (χ3v) is 5.16. The lowest BCUT2D eigenvalue weighted by Crippen LogP contribution is -2.48. The average Bonchev–Trinajstić information content (AvgIpc) is 3.00. The van der Waals surface area contributed by atoms with Crippen LogP contribution in [-0.2, 0) is 16.0 Å². The van der Waals surface area contributed by atoms with Crippen LogP contribution in [0.2, 0.25) is 10.0 Å². The number of carboxylic acids is 2. The molecule has 0 bridgehead atoms. The molecule has 0 unspecified atom stereocenters. The molecule has 3 N–H and O–H groups in total. The molecule has 2 aromatic rings. The highest BCUT2D eigenvalue weighted by molar-refractivity contribution is 7.13. The van der Waals surface area contributed by atoms with Crippen LogP contribution in [0.5, 0.6) is 0 Å². The maximum atomic E-state index is 11.6. The average molecular weight is 431 g/mol. The third-order valence-electron chi connectivity index (χ3n) is 3.78. The Hall–Kier alpha value is -1.67. The summed E-state index contributed by atoms with van der Waals surface area (Å²) in [6, 6.07) is 3.09. The van der Waals surface area contributed by atoms with Crippen molar-refractivity contribution in [2.24, 2.45) is 5.92 Å². The highest BCUT2D eigenvalue weighted by Crippen LogP contribution is 2.29. The predicted molar refractivity (Wildman–Crippen MR) is 107 cm³/mol. The molecule has 2 rings (SSSR count). The molecular weight excluding hydrogens is 411 g/mol. The van der Waals surface area contributed by atoms with E-state index in [0.29, 0.717) is 27.2 Å². The number of hydrogen-bond acceptors (Lipinski definition) is 5. The molecule has 0 aliphatic carbocycles. The summed E-state index contributed by atoms with van der Waals surface area (Å²) in [5, 5.41) is 24.9. The molecule has 0 spiro atoms. The van der Waals surface area contributed by atoms with E-state index in [-0.39, 0.29) is 12.3 Å². The number of benzene rings is 1. The van der Waals surface area contributed by atoms with Gasteiger partial charge in [0.15, 0.2) is 0 Å². The van der Waals surface area contributed by atoms with Crippen molar-refractivity contribution in [3.63, 3.8) is 0 Å².